The van der Waals surface area contributed by atoms with Crippen LogP contribution in [0.3, 0.4) is 0 Å². The Balaban J connectivity index is 1.49. The molecule has 1 unspecified atom stereocenters. The smallest absolute Gasteiger partial charge is 0.322 e. The number of imide groups is 1. The molecular formula is C27H23N5O3. The summed E-state index contributed by atoms with van der Waals surface area (Å²) in [6.45, 7) is 3.63. The third-order valence-corrected chi connectivity index (χ3v) is 6.05. The highest BCUT2D eigenvalue weighted by atomic mass is 16.2. The Morgan fingerprint density at radius 3 is 2.40 bits per heavy atom. The fourth-order valence-electron chi connectivity index (χ4n) is 4.03. The van der Waals surface area contributed by atoms with Gasteiger partial charge in [-0.05, 0) is 43.7 Å². The van der Waals surface area contributed by atoms with E-state index in [2.05, 4.69) is 16.0 Å². The molecule has 5 rings (SSSR count). The quantitative estimate of drug-likeness (QED) is 0.385. The van der Waals surface area contributed by atoms with Gasteiger partial charge in [-0.1, -0.05) is 60.2 Å². The van der Waals surface area contributed by atoms with Crippen LogP contribution >= 0.6 is 0 Å². The molecule has 0 saturated carbocycles. The number of carbonyl (C=O) groups excluding carboxylic acids is 3. The summed E-state index contributed by atoms with van der Waals surface area (Å²) in [5.41, 5.74) is 3.56. The Hall–Kier alpha value is -4.72. The van der Waals surface area contributed by atoms with Gasteiger partial charge in [0.05, 0.1) is 11.3 Å². The normalized spacial score (nSPS) is 17.1. The lowest BCUT2D eigenvalue weighted by Crippen LogP contribution is -2.40. The number of benzene rings is 3. The van der Waals surface area contributed by atoms with Crippen molar-refractivity contribution >= 4 is 23.5 Å². The van der Waals surface area contributed by atoms with Crippen LogP contribution in [-0.2, 0) is 10.3 Å². The maximum Gasteiger partial charge on any atom is 0.322 e. The third kappa shape index (κ3) is 4.17. The number of nitrogens with zero attached hydrogens (tertiary/aromatic N) is 2. The second-order valence-corrected chi connectivity index (χ2v) is 8.61. The summed E-state index contributed by atoms with van der Waals surface area (Å²) >= 11 is 0. The maximum atomic E-state index is 13.4. The van der Waals surface area contributed by atoms with Gasteiger partial charge in [0.1, 0.15) is 11.2 Å². The van der Waals surface area contributed by atoms with Crippen molar-refractivity contribution in [2.45, 2.75) is 19.4 Å². The van der Waals surface area contributed by atoms with Crippen molar-refractivity contribution in [1.82, 2.24) is 20.4 Å². The van der Waals surface area contributed by atoms with Crippen LogP contribution in [0.4, 0.5) is 10.5 Å². The molecule has 2 heterocycles. The Bertz CT molecular complexity index is 1440. The number of rotatable bonds is 5. The summed E-state index contributed by atoms with van der Waals surface area (Å²) in [6.07, 6.45) is 1.71. The molecule has 3 aromatic carbocycles. The van der Waals surface area contributed by atoms with Crippen LogP contribution in [0.15, 0.2) is 85.1 Å². The van der Waals surface area contributed by atoms with E-state index >= 15 is 0 Å². The van der Waals surface area contributed by atoms with Crippen LogP contribution in [0.25, 0.3) is 16.9 Å². The first-order valence-electron chi connectivity index (χ1n) is 11.1. The van der Waals surface area contributed by atoms with E-state index in [1.807, 2.05) is 61.5 Å². The largest absolute Gasteiger partial charge is 0.322 e. The molecule has 1 aliphatic heterocycles. The average molecular weight is 466 g/mol. The van der Waals surface area contributed by atoms with E-state index in [0.717, 1.165) is 16.8 Å². The van der Waals surface area contributed by atoms with E-state index in [1.54, 1.807) is 42.1 Å². The van der Waals surface area contributed by atoms with Gasteiger partial charge >= 0.3 is 6.03 Å². The highest BCUT2D eigenvalue weighted by molar-refractivity contribution is 6.09. The van der Waals surface area contributed by atoms with Gasteiger partial charge in [-0.3, -0.25) is 14.9 Å². The zero-order chi connectivity index (χ0) is 24.6. The van der Waals surface area contributed by atoms with E-state index in [0.29, 0.717) is 22.5 Å². The van der Waals surface area contributed by atoms with Crippen molar-refractivity contribution in [3.63, 3.8) is 0 Å². The number of hydrogen-bond acceptors (Lipinski definition) is 4. The van der Waals surface area contributed by atoms with Gasteiger partial charge in [-0.15, -0.1) is 0 Å². The number of aryl methyl sites for hydroxylation is 1. The maximum absolute atomic E-state index is 13.4. The highest BCUT2D eigenvalue weighted by Crippen LogP contribution is 2.28. The molecule has 1 saturated heterocycles. The van der Waals surface area contributed by atoms with E-state index in [4.69, 9.17) is 5.10 Å². The molecule has 0 aliphatic carbocycles. The van der Waals surface area contributed by atoms with Crippen LogP contribution in [0.5, 0.6) is 0 Å². The molecule has 1 aliphatic rings. The van der Waals surface area contributed by atoms with Crippen molar-refractivity contribution in [1.29, 1.82) is 0 Å². The second-order valence-electron chi connectivity index (χ2n) is 8.61. The van der Waals surface area contributed by atoms with Crippen LogP contribution in [0.2, 0.25) is 0 Å². The van der Waals surface area contributed by atoms with Gasteiger partial charge < -0.3 is 10.6 Å². The summed E-state index contributed by atoms with van der Waals surface area (Å²) < 4.78 is 1.69. The van der Waals surface area contributed by atoms with Crippen LogP contribution in [-0.4, -0.2) is 27.6 Å². The van der Waals surface area contributed by atoms with Gasteiger partial charge in [-0.25, -0.2) is 9.48 Å². The SMILES string of the molecule is Cc1ccc(-n2cc(C(=O)Nc3cccc(C4(C)NC(=O)NC4=O)c3)c(-c3ccccc3)n2)cc1. The minimum atomic E-state index is -1.22. The lowest BCUT2D eigenvalue weighted by molar-refractivity contribution is -0.123. The van der Waals surface area contributed by atoms with Gasteiger partial charge in [-0.2, -0.15) is 5.10 Å². The van der Waals surface area contributed by atoms with Gasteiger partial charge in [0.2, 0.25) is 0 Å². The monoisotopic (exact) mass is 465 g/mol. The predicted molar refractivity (Wildman–Crippen MR) is 132 cm³/mol. The fourth-order valence-corrected chi connectivity index (χ4v) is 4.03. The minimum absolute atomic E-state index is 0.343. The molecule has 4 amide bonds. The molecule has 0 radical (unpaired) electrons. The van der Waals surface area contributed by atoms with Gasteiger partial charge in [0.25, 0.3) is 11.8 Å². The number of anilines is 1. The van der Waals surface area contributed by atoms with Crippen molar-refractivity contribution < 1.29 is 14.4 Å². The van der Waals surface area contributed by atoms with Crippen molar-refractivity contribution in [3.05, 3.63) is 102 Å². The second kappa shape index (κ2) is 8.57. The fraction of sp³-hybridized carbons (Fsp3) is 0.111. The van der Waals surface area contributed by atoms with E-state index in [9.17, 15) is 14.4 Å². The Morgan fingerprint density at radius 1 is 0.971 bits per heavy atom. The molecule has 1 atom stereocenters. The zero-order valence-corrected chi connectivity index (χ0v) is 19.2. The molecule has 174 valence electrons. The molecule has 1 aromatic heterocycles. The van der Waals surface area contributed by atoms with E-state index < -0.39 is 17.5 Å². The van der Waals surface area contributed by atoms with Crippen molar-refractivity contribution in [2.75, 3.05) is 5.32 Å². The van der Waals surface area contributed by atoms with Gasteiger partial charge in [0, 0.05) is 17.4 Å². The molecule has 8 heteroatoms. The van der Waals surface area contributed by atoms with Gasteiger partial charge in [0.15, 0.2) is 0 Å². The van der Waals surface area contributed by atoms with E-state index in [-0.39, 0.29) is 5.91 Å². The molecule has 1 fully saturated rings. The summed E-state index contributed by atoms with van der Waals surface area (Å²) in [5, 5.41) is 12.5. The summed E-state index contributed by atoms with van der Waals surface area (Å²) in [7, 11) is 0. The third-order valence-electron chi connectivity index (χ3n) is 6.05. The number of urea groups is 1. The first-order valence-corrected chi connectivity index (χ1v) is 11.1. The molecule has 4 aromatic rings. The molecular weight excluding hydrogens is 442 g/mol. The number of aromatic nitrogens is 2. The van der Waals surface area contributed by atoms with Crippen molar-refractivity contribution in [2.24, 2.45) is 0 Å². The molecule has 8 nitrogen and oxygen atoms in total. The average Bonchev–Trinajstić information content (AvgIpc) is 3.41. The Morgan fingerprint density at radius 2 is 1.71 bits per heavy atom. The summed E-state index contributed by atoms with van der Waals surface area (Å²) in [4.78, 5) is 37.4. The number of amides is 4. The predicted octanol–water partition coefficient (Wildman–Crippen LogP) is 4.15. The van der Waals surface area contributed by atoms with E-state index in [1.165, 1.54) is 0 Å². The number of carbonyl (C=O) groups is 3. The minimum Gasteiger partial charge on any atom is -0.322 e. The standard InChI is InChI=1S/C27H23N5O3/c1-17-11-13-21(14-12-17)32-16-22(23(31-32)18-7-4-3-5-8-18)24(33)28-20-10-6-9-19(15-20)27(2)25(34)29-26(35)30-27/h3-16H,1-2H3,(H,28,33)(H2,29,30,34,35). The summed E-state index contributed by atoms with van der Waals surface area (Å²) in [6, 6.07) is 23.7. The molecule has 0 spiro atoms. The number of hydrogen-bond donors (Lipinski definition) is 3. The van der Waals surface area contributed by atoms with Crippen LogP contribution < -0.4 is 16.0 Å². The topological polar surface area (TPSA) is 105 Å². The highest BCUT2D eigenvalue weighted by Gasteiger charge is 2.43. The Labute approximate surface area is 202 Å². The first kappa shape index (κ1) is 22.1. The first-order chi connectivity index (χ1) is 16.8. The Kier molecular flexibility index (Phi) is 5.41. The molecule has 0 bridgehead atoms. The van der Waals surface area contributed by atoms with Crippen LogP contribution in [0.1, 0.15) is 28.4 Å². The lowest BCUT2D eigenvalue weighted by Gasteiger charge is -2.21. The zero-order valence-electron chi connectivity index (χ0n) is 19.2. The summed E-state index contributed by atoms with van der Waals surface area (Å²) in [5.74, 6) is -0.791. The molecule has 3 N–H and O–H groups in total. The van der Waals surface area contributed by atoms with Crippen molar-refractivity contribution in [3.8, 4) is 16.9 Å². The lowest BCUT2D eigenvalue weighted by atomic mass is 9.92. The number of nitrogens with one attached hydrogen (secondary N) is 3. The molecule has 35 heavy (non-hydrogen) atoms. The van der Waals surface area contributed by atoms with Crippen LogP contribution in [0, 0.1) is 6.92 Å².